The van der Waals surface area contributed by atoms with E-state index in [2.05, 4.69) is 27.3 Å². The van der Waals surface area contributed by atoms with Gasteiger partial charge in [-0.25, -0.2) is 5.26 Å². The van der Waals surface area contributed by atoms with Gasteiger partial charge in [-0.2, -0.15) is 0 Å². The second-order valence-corrected chi connectivity index (χ2v) is 0.366. The molecule has 4 nitrogen and oxygen atoms in total. The number of rotatable bonds is 2. The second kappa shape index (κ2) is 4.19. The lowest BCUT2D eigenvalue weighted by atomic mass is 14.4. The molecular weight excluding hydrogens is 96.1 g/mol. The Bertz CT molecular complexity index is 11.1. The van der Waals surface area contributed by atoms with Crippen molar-refractivity contribution in [3.8, 4) is 0 Å². The molecule has 0 aromatic carbocycles. The Morgan fingerprint density at radius 3 is 2.20 bits per heavy atom. The van der Waals surface area contributed by atoms with Crippen LogP contribution in [0.2, 0.25) is 0 Å². The summed E-state index contributed by atoms with van der Waals surface area (Å²) in [6, 6.07) is 0. The minimum Gasteiger partial charge on any atom is -0.219 e. The van der Waals surface area contributed by atoms with Crippen LogP contribution < -0.4 is 0 Å². The Labute approximate surface area is 33.7 Å². The molecule has 5 heavy (non-hydrogen) atoms. The summed E-state index contributed by atoms with van der Waals surface area (Å²) in [5.41, 5.74) is 0. The molecule has 0 radical (unpaired) electrons. The number of hydrogen-bond donors (Lipinski definition) is 2. The van der Waals surface area contributed by atoms with Crippen LogP contribution in [0.15, 0.2) is 0 Å². The van der Waals surface area contributed by atoms with Crippen molar-refractivity contribution >= 4 is 12.9 Å². The second-order valence-electron chi connectivity index (χ2n) is 0.217. The van der Waals surface area contributed by atoms with Crippen LogP contribution in [0.25, 0.3) is 0 Å². The first-order valence-corrected chi connectivity index (χ1v) is 1.06. The molecular formula is H2O4S. The van der Waals surface area contributed by atoms with Crippen LogP contribution >= 0.6 is 12.9 Å². The first-order chi connectivity index (χ1) is 2.41. The molecule has 0 aliphatic carbocycles. The molecule has 0 bridgehead atoms. The number of hydrogen-bond acceptors (Lipinski definition) is 5. The molecule has 0 unspecified atom stereocenters. The van der Waals surface area contributed by atoms with Crippen molar-refractivity contribution in [3.63, 3.8) is 0 Å². The fraction of sp³-hybridized carbons (Fsp3) is 0. The van der Waals surface area contributed by atoms with Crippen LogP contribution in [-0.2, 0) is 14.4 Å². The van der Waals surface area contributed by atoms with E-state index >= 15 is 0 Å². The normalized spacial score (nSPS) is 8.40. The molecule has 0 heterocycles. The van der Waals surface area contributed by atoms with Crippen molar-refractivity contribution < 1.29 is 19.7 Å². The summed E-state index contributed by atoms with van der Waals surface area (Å²) >= 11 is 2.99. The third-order valence-electron chi connectivity index (χ3n) is 0.0609. The predicted octanol–water partition coefficient (Wildman–Crippen LogP) is 0.184. The average Bonchev–Trinajstić information content (AvgIpc) is 1.41. The maximum atomic E-state index is 7.17. The molecule has 0 aliphatic rings. The lowest BCUT2D eigenvalue weighted by Gasteiger charge is -1.80. The van der Waals surface area contributed by atoms with E-state index in [1.807, 2.05) is 0 Å². The lowest BCUT2D eigenvalue weighted by Crippen LogP contribution is -1.79. The fourth-order valence-electron chi connectivity index (χ4n) is 0.0136. The van der Waals surface area contributed by atoms with Crippen LogP contribution in [0, 0.1) is 0 Å². The molecule has 32 valence electrons. The van der Waals surface area contributed by atoms with E-state index in [9.17, 15) is 0 Å². The zero-order valence-electron chi connectivity index (χ0n) is 2.12. The maximum Gasteiger partial charge on any atom is 0.0182 e. The van der Waals surface area contributed by atoms with Gasteiger partial charge in [-0.15, -0.1) is 4.33 Å². The summed E-state index contributed by atoms with van der Waals surface area (Å²) < 4.78 is 3.41. The largest absolute Gasteiger partial charge is 0.219 e. The summed E-state index contributed by atoms with van der Waals surface area (Å²) in [6.07, 6.45) is 0. The molecule has 0 aromatic heterocycles. The number of thiol groups is 1. The third kappa shape index (κ3) is 4.19. The zero-order valence-corrected chi connectivity index (χ0v) is 3.01. The van der Waals surface area contributed by atoms with Crippen molar-refractivity contribution in [2.75, 3.05) is 0 Å². The highest BCUT2D eigenvalue weighted by Gasteiger charge is 1.67. The summed E-state index contributed by atoms with van der Waals surface area (Å²) in [5.74, 6) is 0. The first-order valence-electron chi connectivity index (χ1n) is 0.698. The van der Waals surface area contributed by atoms with E-state index in [1.54, 1.807) is 0 Å². The van der Waals surface area contributed by atoms with E-state index in [0.717, 1.165) is 0 Å². The highest BCUT2D eigenvalue weighted by molar-refractivity contribution is 7.74. The van der Waals surface area contributed by atoms with E-state index in [-0.39, 0.29) is 0 Å². The maximum absolute atomic E-state index is 7.17. The van der Waals surface area contributed by atoms with E-state index in [1.165, 1.54) is 0 Å². The molecule has 0 fully saturated rings. The molecule has 0 spiro atoms. The highest BCUT2D eigenvalue weighted by atomic mass is 32.1. The minimum absolute atomic E-state index is 2.89. The topological polar surface area (TPSA) is 47.9 Å². The molecule has 0 rings (SSSR count). The van der Waals surface area contributed by atoms with Crippen LogP contribution in [0.1, 0.15) is 0 Å². The molecule has 1 N–H and O–H groups in total. The summed E-state index contributed by atoms with van der Waals surface area (Å²) in [5, 5.41) is 13.3. The van der Waals surface area contributed by atoms with Crippen LogP contribution in [0.3, 0.4) is 0 Å². The fourth-order valence-corrected chi connectivity index (χ4v) is 0.0408. The van der Waals surface area contributed by atoms with Crippen LogP contribution in [0.5, 0.6) is 0 Å². The molecule has 0 amide bonds. The van der Waals surface area contributed by atoms with Crippen molar-refractivity contribution in [1.29, 1.82) is 0 Å². The standard InChI is InChI=1S/H2O4S/c1-2-3-4-5/h1,5H. The smallest absolute Gasteiger partial charge is 0.0182 e. The van der Waals surface area contributed by atoms with Crippen molar-refractivity contribution in [1.82, 2.24) is 0 Å². The van der Waals surface area contributed by atoms with E-state index in [0.29, 0.717) is 0 Å². The lowest BCUT2D eigenvalue weighted by molar-refractivity contribution is -0.590. The molecule has 5 heteroatoms. The summed E-state index contributed by atoms with van der Waals surface area (Å²) in [7, 11) is 0. The van der Waals surface area contributed by atoms with Crippen molar-refractivity contribution in [2.45, 2.75) is 0 Å². The monoisotopic (exact) mass is 98.0 g/mol. The van der Waals surface area contributed by atoms with Crippen molar-refractivity contribution in [3.05, 3.63) is 0 Å². The summed E-state index contributed by atoms with van der Waals surface area (Å²) in [4.78, 5) is 0. The Balaban J connectivity index is 2.19. The van der Waals surface area contributed by atoms with Gasteiger partial charge in [-0.3, -0.25) is 0 Å². The summed E-state index contributed by atoms with van der Waals surface area (Å²) in [6.45, 7) is 0. The molecule has 0 atom stereocenters. The van der Waals surface area contributed by atoms with Gasteiger partial charge in [0.25, 0.3) is 0 Å². The van der Waals surface area contributed by atoms with Gasteiger partial charge >= 0.3 is 0 Å². The van der Waals surface area contributed by atoms with Gasteiger partial charge in [-0.05, 0) is 10.1 Å². The van der Waals surface area contributed by atoms with Crippen molar-refractivity contribution in [2.24, 2.45) is 0 Å². The average molecular weight is 98.1 g/mol. The first kappa shape index (κ1) is 5.19. The predicted molar refractivity (Wildman–Crippen MR) is 14.9 cm³/mol. The molecule has 0 saturated heterocycles. The van der Waals surface area contributed by atoms with E-state index < -0.39 is 0 Å². The van der Waals surface area contributed by atoms with Gasteiger partial charge in [0.1, 0.15) is 0 Å². The molecule has 0 aliphatic heterocycles. The Morgan fingerprint density at radius 1 is 1.60 bits per heavy atom. The van der Waals surface area contributed by atoms with Gasteiger partial charge in [-0.1, -0.05) is 0 Å². The molecule has 0 saturated carbocycles. The highest BCUT2D eigenvalue weighted by Crippen LogP contribution is 1.76. The van der Waals surface area contributed by atoms with E-state index in [4.69, 9.17) is 5.26 Å². The third-order valence-corrected chi connectivity index (χ3v) is 0.122. The van der Waals surface area contributed by atoms with Crippen LogP contribution in [-0.4, -0.2) is 5.26 Å². The van der Waals surface area contributed by atoms with Gasteiger partial charge in [0, 0.05) is 12.9 Å². The van der Waals surface area contributed by atoms with Gasteiger partial charge in [0.2, 0.25) is 0 Å². The Kier molecular flexibility index (Phi) is 4.35. The SMILES string of the molecule is OOOOS. The Hall–Kier alpha value is 0.190. The van der Waals surface area contributed by atoms with Gasteiger partial charge in [0.15, 0.2) is 0 Å². The van der Waals surface area contributed by atoms with Crippen LogP contribution in [0.4, 0.5) is 0 Å². The Morgan fingerprint density at radius 2 is 2.20 bits per heavy atom. The minimum atomic E-state index is 2.89. The van der Waals surface area contributed by atoms with Gasteiger partial charge in [0.05, 0.1) is 0 Å². The quantitative estimate of drug-likeness (QED) is 0.224. The zero-order chi connectivity index (χ0) is 4.12. The molecule has 0 aromatic rings. The van der Waals surface area contributed by atoms with Gasteiger partial charge < -0.3 is 0 Å².